The highest BCUT2D eigenvalue weighted by Crippen LogP contribution is 2.09. The largest absolute Gasteiger partial charge is 0.379 e. The SMILES string of the molecule is CCC1NCC(=O)N1CCCCOC(C)C. The molecule has 0 aromatic carbocycles. The maximum Gasteiger partial charge on any atom is 0.237 e. The minimum Gasteiger partial charge on any atom is -0.379 e. The van der Waals surface area contributed by atoms with Crippen LogP contribution in [0.1, 0.15) is 40.0 Å². The minimum atomic E-state index is 0.233. The molecule has 1 amide bonds. The van der Waals surface area contributed by atoms with Crippen molar-refractivity contribution in [2.45, 2.75) is 52.3 Å². The third-order valence-corrected chi connectivity index (χ3v) is 2.82. The molecule has 1 rings (SSSR count). The van der Waals surface area contributed by atoms with E-state index in [1.54, 1.807) is 0 Å². The van der Waals surface area contributed by atoms with Crippen molar-refractivity contribution in [2.75, 3.05) is 19.7 Å². The van der Waals surface area contributed by atoms with Crippen LogP contribution in [0.2, 0.25) is 0 Å². The number of amides is 1. The van der Waals surface area contributed by atoms with E-state index in [0.29, 0.717) is 12.6 Å². The van der Waals surface area contributed by atoms with Gasteiger partial charge in [-0.2, -0.15) is 0 Å². The van der Waals surface area contributed by atoms with Gasteiger partial charge in [0, 0.05) is 13.2 Å². The summed E-state index contributed by atoms with van der Waals surface area (Å²) in [6.07, 6.45) is 3.58. The molecule has 1 unspecified atom stereocenters. The molecular formula is C12H24N2O2. The second kappa shape index (κ2) is 6.86. The van der Waals surface area contributed by atoms with Crippen LogP contribution in [0.15, 0.2) is 0 Å². The average Bonchev–Trinajstić information content (AvgIpc) is 2.59. The minimum absolute atomic E-state index is 0.233. The van der Waals surface area contributed by atoms with Crippen molar-refractivity contribution >= 4 is 5.91 Å². The fraction of sp³-hybridized carbons (Fsp3) is 0.917. The lowest BCUT2D eigenvalue weighted by Crippen LogP contribution is -2.37. The summed E-state index contributed by atoms with van der Waals surface area (Å²) in [5.74, 6) is 0.233. The molecule has 0 aromatic heterocycles. The first-order valence-corrected chi connectivity index (χ1v) is 6.29. The molecule has 0 saturated carbocycles. The normalized spacial score (nSPS) is 21.1. The molecule has 1 N–H and O–H groups in total. The van der Waals surface area contributed by atoms with Gasteiger partial charge in [-0.15, -0.1) is 0 Å². The van der Waals surface area contributed by atoms with Crippen LogP contribution in [0, 0.1) is 0 Å². The zero-order valence-electron chi connectivity index (χ0n) is 10.7. The Morgan fingerprint density at radius 3 is 2.88 bits per heavy atom. The topological polar surface area (TPSA) is 41.6 Å². The molecule has 1 aliphatic rings. The highest BCUT2D eigenvalue weighted by Gasteiger charge is 2.27. The standard InChI is InChI=1S/C12H24N2O2/c1-4-11-13-9-12(15)14(11)7-5-6-8-16-10(2)3/h10-11,13H,4-9H2,1-3H3. The Kier molecular flexibility index (Phi) is 5.77. The lowest BCUT2D eigenvalue weighted by molar-refractivity contribution is -0.128. The summed E-state index contributed by atoms with van der Waals surface area (Å²) in [5, 5.41) is 3.21. The van der Waals surface area contributed by atoms with Crippen LogP contribution in [0.4, 0.5) is 0 Å². The van der Waals surface area contributed by atoms with Gasteiger partial charge in [0.1, 0.15) is 0 Å². The van der Waals surface area contributed by atoms with Gasteiger partial charge in [0.2, 0.25) is 5.91 Å². The van der Waals surface area contributed by atoms with Gasteiger partial charge in [0.25, 0.3) is 0 Å². The molecule has 0 radical (unpaired) electrons. The van der Waals surface area contributed by atoms with E-state index in [1.807, 2.05) is 18.7 Å². The Hall–Kier alpha value is -0.610. The van der Waals surface area contributed by atoms with E-state index in [4.69, 9.17) is 4.74 Å². The third kappa shape index (κ3) is 4.10. The lowest BCUT2D eigenvalue weighted by Gasteiger charge is -2.23. The molecule has 16 heavy (non-hydrogen) atoms. The predicted octanol–water partition coefficient (Wildman–Crippen LogP) is 1.36. The van der Waals surface area contributed by atoms with Crippen LogP contribution >= 0.6 is 0 Å². The molecule has 1 fully saturated rings. The van der Waals surface area contributed by atoms with Crippen molar-refractivity contribution in [1.82, 2.24) is 10.2 Å². The number of unbranched alkanes of at least 4 members (excludes halogenated alkanes) is 1. The lowest BCUT2D eigenvalue weighted by atomic mass is 10.2. The second-order valence-corrected chi connectivity index (χ2v) is 4.52. The fourth-order valence-electron chi connectivity index (χ4n) is 1.94. The summed E-state index contributed by atoms with van der Waals surface area (Å²) >= 11 is 0. The molecule has 0 aromatic rings. The van der Waals surface area contributed by atoms with E-state index in [2.05, 4.69) is 12.2 Å². The van der Waals surface area contributed by atoms with Gasteiger partial charge in [-0.05, 0) is 33.1 Å². The van der Waals surface area contributed by atoms with Crippen LogP contribution in [-0.4, -0.2) is 42.8 Å². The van der Waals surface area contributed by atoms with E-state index >= 15 is 0 Å². The van der Waals surface area contributed by atoms with Crippen LogP contribution in [-0.2, 0) is 9.53 Å². The Balaban J connectivity index is 2.13. The maximum atomic E-state index is 11.5. The summed E-state index contributed by atoms with van der Waals surface area (Å²) < 4.78 is 5.47. The van der Waals surface area contributed by atoms with Crippen molar-refractivity contribution in [3.8, 4) is 0 Å². The molecule has 1 aliphatic heterocycles. The summed E-state index contributed by atoms with van der Waals surface area (Å²) in [5.41, 5.74) is 0. The summed E-state index contributed by atoms with van der Waals surface area (Å²) in [4.78, 5) is 13.5. The number of hydrogen-bond acceptors (Lipinski definition) is 3. The molecule has 1 heterocycles. The molecule has 0 bridgehead atoms. The van der Waals surface area contributed by atoms with Crippen LogP contribution in [0.25, 0.3) is 0 Å². The second-order valence-electron chi connectivity index (χ2n) is 4.52. The summed E-state index contributed by atoms with van der Waals surface area (Å²) in [6, 6.07) is 0. The number of hydrogen-bond donors (Lipinski definition) is 1. The number of nitrogens with one attached hydrogen (secondary N) is 1. The molecule has 94 valence electrons. The van der Waals surface area contributed by atoms with Gasteiger partial charge in [0.05, 0.1) is 18.8 Å². The monoisotopic (exact) mass is 228 g/mol. The predicted molar refractivity (Wildman–Crippen MR) is 64.1 cm³/mol. The number of carbonyl (C=O) groups is 1. The zero-order chi connectivity index (χ0) is 12.0. The van der Waals surface area contributed by atoms with E-state index in [9.17, 15) is 4.79 Å². The number of carbonyl (C=O) groups excluding carboxylic acids is 1. The van der Waals surface area contributed by atoms with Gasteiger partial charge in [0.15, 0.2) is 0 Å². The highest BCUT2D eigenvalue weighted by atomic mass is 16.5. The Morgan fingerprint density at radius 1 is 1.50 bits per heavy atom. The van der Waals surface area contributed by atoms with E-state index in [0.717, 1.165) is 32.4 Å². The first-order valence-electron chi connectivity index (χ1n) is 6.29. The smallest absolute Gasteiger partial charge is 0.237 e. The number of rotatable bonds is 7. The Morgan fingerprint density at radius 2 is 2.25 bits per heavy atom. The highest BCUT2D eigenvalue weighted by molar-refractivity contribution is 5.80. The summed E-state index contributed by atoms with van der Waals surface area (Å²) in [7, 11) is 0. The van der Waals surface area contributed by atoms with Gasteiger partial charge in [-0.1, -0.05) is 6.92 Å². The van der Waals surface area contributed by atoms with E-state index < -0.39 is 0 Å². The van der Waals surface area contributed by atoms with Crippen LogP contribution in [0.5, 0.6) is 0 Å². The van der Waals surface area contributed by atoms with Gasteiger partial charge in [-0.3, -0.25) is 10.1 Å². The molecule has 4 nitrogen and oxygen atoms in total. The third-order valence-electron chi connectivity index (χ3n) is 2.82. The first-order chi connectivity index (χ1) is 7.65. The van der Waals surface area contributed by atoms with Crippen molar-refractivity contribution in [3.63, 3.8) is 0 Å². The molecule has 0 spiro atoms. The first kappa shape index (κ1) is 13.5. The fourth-order valence-corrected chi connectivity index (χ4v) is 1.94. The summed E-state index contributed by atoms with van der Waals surface area (Å²) in [6.45, 7) is 8.34. The van der Waals surface area contributed by atoms with Crippen molar-refractivity contribution in [2.24, 2.45) is 0 Å². The van der Waals surface area contributed by atoms with Gasteiger partial charge >= 0.3 is 0 Å². The zero-order valence-corrected chi connectivity index (χ0v) is 10.7. The average molecular weight is 228 g/mol. The van der Waals surface area contributed by atoms with E-state index in [-0.39, 0.29) is 12.1 Å². The molecule has 1 saturated heterocycles. The molecule has 0 aliphatic carbocycles. The van der Waals surface area contributed by atoms with Gasteiger partial charge in [-0.25, -0.2) is 0 Å². The Labute approximate surface area is 98.3 Å². The van der Waals surface area contributed by atoms with Crippen molar-refractivity contribution in [3.05, 3.63) is 0 Å². The quantitative estimate of drug-likeness (QED) is 0.669. The van der Waals surface area contributed by atoms with Crippen molar-refractivity contribution < 1.29 is 9.53 Å². The van der Waals surface area contributed by atoms with Crippen LogP contribution < -0.4 is 5.32 Å². The van der Waals surface area contributed by atoms with Crippen molar-refractivity contribution in [1.29, 1.82) is 0 Å². The number of nitrogens with zero attached hydrogens (tertiary/aromatic N) is 1. The van der Waals surface area contributed by atoms with Gasteiger partial charge < -0.3 is 9.64 Å². The molecule has 1 atom stereocenters. The number of ether oxygens (including phenoxy) is 1. The maximum absolute atomic E-state index is 11.5. The molecule has 4 heteroatoms. The van der Waals surface area contributed by atoms with Crippen LogP contribution in [0.3, 0.4) is 0 Å². The van der Waals surface area contributed by atoms with E-state index in [1.165, 1.54) is 0 Å². The Bertz CT molecular complexity index is 219. The molecular weight excluding hydrogens is 204 g/mol.